The lowest BCUT2D eigenvalue weighted by Gasteiger charge is -2.45. The number of carbonyl (C=O) groups excluding carboxylic acids is 1. The standard InChI is InChI=1S/C21H23NO5/c1-14(23)22-10-9-16-11-18(26-2)19(27-3)12-17(16)21(22,20(24)25)13-15-7-5-4-6-8-15/h4-8,11-12H,9-10,13H2,1-3H3,(H,24,25). The summed E-state index contributed by atoms with van der Waals surface area (Å²) in [5.41, 5.74) is 0.760. The summed E-state index contributed by atoms with van der Waals surface area (Å²) in [5, 5.41) is 10.3. The Morgan fingerprint density at radius 3 is 2.30 bits per heavy atom. The van der Waals surface area contributed by atoms with Crippen molar-refractivity contribution in [2.45, 2.75) is 25.3 Å². The average molecular weight is 369 g/mol. The van der Waals surface area contributed by atoms with Gasteiger partial charge in [0.2, 0.25) is 5.91 Å². The van der Waals surface area contributed by atoms with E-state index in [9.17, 15) is 14.7 Å². The number of fused-ring (bicyclic) bond motifs is 1. The number of benzene rings is 2. The van der Waals surface area contributed by atoms with Crippen molar-refractivity contribution in [3.8, 4) is 11.5 Å². The molecule has 0 radical (unpaired) electrons. The Bertz CT molecular complexity index is 864. The van der Waals surface area contributed by atoms with Gasteiger partial charge in [-0.15, -0.1) is 0 Å². The maximum Gasteiger partial charge on any atom is 0.334 e. The first-order chi connectivity index (χ1) is 12.9. The molecule has 6 heteroatoms. The minimum atomic E-state index is -1.50. The van der Waals surface area contributed by atoms with Crippen LogP contribution in [0.15, 0.2) is 42.5 Å². The van der Waals surface area contributed by atoms with E-state index >= 15 is 0 Å². The highest BCUT2D eigenvalue weighted by atomic mass is 16.5. The van der Waals surface area contributed by atoms with E-state index in [1.165, 1.54) is 18.9 Å². The molecular weight excluding hydrogens is 346 g/mol. The quantitative estimate of drug-likeness (QED) is 0.877. The number of nitrogens with zero attached hydrogens (tertiary/aromatic N) is 1. The van der Waals surface area contributed by atoms with Crippen LogP contribution in [0, 0.1) is 0 Å². The van der Waals surface area contributed by atoms with Crippen LogP contribution < -0.4 is 9.47 Å². The van der Waals surface area contributed by atoms with E-state index in [2.05, 4.69) is 0 Å². The molecule has 6 nitrogen and oxygen atoms in total. The van der Waals surface area contributed by atoms with E-state index in [0.717, 1.165) is 11.1 Å². The van der Waals surface area contributed by atoms with Gasteiger partial charge in [-0.3, -0.25) is 4.79 Å². The molecule has 2 aromatic carbocycles. The monoisotopic (exact) mass is 369 g/mol. The van der Waals surface area contributed by atoms with Crippen molar-refractivity contribution in [2.24, 2.45) is 0 Å². The number of carboxylic acid groups (broad SMARTS) is 1. The second-order valence-electron chi connectivity index (χ2n) is 6.61. The number of carboxylic acids is 1. The first-order valence-corrected chi connectivity index (χ1v) is 8.75. The summed E-state index contributed by atoms with van der Waals surface area (Å²) in [5.74, 6) is -0.338. The fraction of sp³-hybridized carbons (Fsp3) is 0.333. The normalized spacial score (nSPS) is 18.6. The van der Waals surface area contributed by atoms with Gasteiger partial charge in [-0.2, -0.15) is 0 Å². The highest BCUT2D eigenvalue weighted by Crippen LogP contribution is 2.43. The van der Waals surface area contributed by atoms with Crippen LogP contribution in [-0.2, 0) is 28.0 Å². The molecule has 27 heavy (non-hydrogen) atoms. The summed E-state index contributed by atoms with van der Waals surface area (Å²) in [7, 11) is 3.05. The molecule has 1 heterocycles. The molecule has 1 unspecified atom stereocenters. The van der Waals surface area contributed by atoms with Crippen molar-refractivity contribution in [1.82, 2.24) is 4.90 Å². The van der Waals surface area contributed by atoms with Crippen molar-refractivity contribution in [1.29, 1.82) is 0 Å². The molecular formula is C21H23NO5. The highest BCUT2D eigenvalue weighted by Gasteiger charge is 2.51. The maximum absolute atomic E-state index is 12.6. The molecule has 1 aliphatic heterocycles. The third-order valence-electron chi connectivity index (χ3n) is 5.16. The van der Waals surface area contributed by atoms with Gasteiger partial charge in [0.15, 0.2) is 17.0 Å². The molecule has 0 spiro atoms. The lowest BCUT2D eigenvalue weighted by Crippen LogP contribution is -2.58. The molecule has 0 saturated carbocycles. The van der Waals surface area contributed by atoms with Gasteiger partial charge in [0.05, 0.1) is 14.2 Å². The largest absolute Gasteiger partial charge is 0.493 e. The van der Waals surface area contributed by atoms with Gasteiger partial charge in [-0.25, -0.2) is 4.79 Å². The number of amides is 1. The summed E-state index contributed by atoms with van der Waals surface area (Å²) < 4.78 is 10.8. The van der Waals surface area contributed by atoms with Crippen LogP contribution in [0.25, 0.3) is 0 Å². The van der Waals surface area contributed by atoms with Crippen LogP contribution in [0.1, 0.15) is 23.6 Å². The molecule has 0 aromatic heterocycles. The second kappa shape index (κ2) is 7.31. The van der Waals surface area contributed by atoms with Gasteiger partial charge in [0.25, 0.3) is 0 Å². The van der Waals surface area contributed by atoms with Gasteiger partial charge < -0.3 is 19.5 Å². The van der Waals surface area contributed by atoms with E-state index in [1.54, 1.807) is 13.2 Å². The minimum absolute atomic E-state index is 0.172. The zero-order chi connectivity index (χ0) is 19.6. The Balaban J connectivity index is 2.27. The third-order valence-corrected chi connectivity index (χ3v) is 5.16. The lowest BCUT2D eigenvalue weighted by molar-refractivity contribution is -0.160. The molecule has 1 amide bonds. The van der Waals surface area contributed by atoms with Crippen molar-refractivity contribution < 1.29 is 24.2 Å². The van der Waals surface area contributed by atoms with E-state index in [-0.39, 0.29) is 12.3 Å². The van der Waals surface area contributed by atoms with Crippen molar-refractivity contribution in [2.75, 3.05) is 20.8 Å². The maximum atomic E-state index is 12.6. The fourth-order valence-electron chi connectivity index (χ4n) is 3.90. The molecule has 0 aliphatic carbocycles. The molecule has 1 N–H and O–H groups in total. The molecule has 1 aliphatic rings. The van der Waals surface area contributed by atoms with Crippen molar-refractivity contribution in [3.63, 3.8) is 0 Å². The van der Waals surface area contributed by atoms with Crippen LogP contribution in [-0.4, -0.2) is 42.6 Å². The highest BCUT2D eigenvalue weighted by molar-refractivity contribution is 5.89. The number of rotatable bonds is 5. The zero-order valence-corrected chi connectivity index (χ0v) is 15.7. The number of methoxy groups -OCH3 is 2. The summed E-state index contributed by atoms with van der Waals surface area (Å²) in [4.78, 5) is 26.5. The first kappa shape index (κ1) is 18.8. The molecule has 0 fully saturated rings. The fourth-order valence-corrected chi connectivity index (χ4v) is 3.90. The molecule has 1 atom stereocenters. The smallest absolute Gasteiger partial charge is 0.334 e. The Labute approximate surface area is 158 Å². The van der Waals surface area contributed by atoms with Crippen molar-refractivity contribution in [3.05, 3.63) is 59.2 Å². The topological polar surface area (TPSA) is 76.1 Å². The summed E-state index contributed by atoms with van der Waals surface area (Å²) in [6, 6.07) is 12.9. The van der Waals surface area contributed by atoms with Crippen LogP contribution in [0.5, 0.6) is 11.5 Å². The summed E-state index contributed by atoms with van der Waals surface area (Å²) >= 11 is 0. The van der Waals surface area contributed by atoms with Gasteiger partial charge in [-0.1, -0.05) is 30.3 Å². The second-order valence-corrected chi connectivity index (χ2v) is 6.61. The Morgan fingerprint density at radius 1 is 1.11 bits per heavy atom. The minimum Gasteiger partial charge on any atom is -0.493 e. The van der Waals surface area contributed by atoms with E-state index < -0.39 is 11.5 Å². The molecule has 0 saturated heterocycles. The summed E-state index contributed by atoms with van der Waals surface area (Å²) in [6.45, 7) is 1.74. The average Bonchev–Trinajstić information content (AvgIpc) is 2.67. The van der Waals surface area contributed by atoms with E-state index in [4.69, 9.17) is 9.47 Å². The van der Waals surface area contributed by atoms with Crippen LogP contribution in [0.2, 0.25) is 0 Å². The van der Waals surface area contributed by atoms with Gasteiger partial charge in [-0.05, 0) is 35.2 Å². The molecule has 0 bridgehead atoms. The van der Waals surface area contributed by atoms with Gasteiger partial charge in [0.1, 0.15) is 0 Å². The number of hydrogen-bond acceptors (Lipinski definition) is 4. The summed E-state index contributed by atoms with van der Waals surface area (Å²) in [6.07, 6.45) is 0.727. The molecule has 2 aromatic rings. The Hall–Kier alpha value is -3.02. The Kier molecular flexibility index (Phi) is 5.08. The van der Waals surface area contributed by atoms with Gasteiger partial charge in [0, 0.05) is 19.9 Å². The third kappa shape index (κ3) is 3.12. The van der Waals surface area contributed by atoms with Crippen molar-refractivity contribution >= 4 is 11.9 Å². The molecule has 142 valence electrons. The first-order valence-electron chi connectivity index (χ1n) is 8.75. The lowest BCUT2D eigenvalue weighted by atomic mass is 9.76. The number of hydrogen-bond donors (Lipinski definition) is 1. The van der Waals surface area contributed by atoms with Crippen LogP contribution in [0.4, 0.5) is 0 Å². The zero-order valence-electron chi connectivity index (χ0n) is 15.7. The van der Waals surface area contributed by atoms with E-state index in [0.29, 0.717) is 30.0 Å². The molecule has 3 rings (SSSR count). The van der Waals surface area contributed by atoms with Crippen LogP contribution >= 0.6 is 0 Å². The SMILES string of the molecule is COc1cc2c(cc1OC)C(Cc1ccccc1)(C(=O)O)N(C(C)=O)CC2. The predicted octanol–water partition coefficient (Wildman–Crippen LogP) is 2.63. The van der Waals surface area contributed by atoms with Crippen LogP contribution in [0.3, 0.4) is 0 Å². The number of carbonyl (C=O) groups is 2. The predicted molar refractivity (Wildman–Crippen MR) is 100 cm³/mol. The number of aliphatic carboxylic acids is 1. The number of ether oxygens (including phenoxy) is 2. The van der Waals surface area contributed by atoms with E-state index in [1.807, 2.05) is 36.4 Å². The Morgan fingerprint density at radius 2 is 1.74 bits per heavy atom. The van der Waals surface area contributed by atoms with Gasteiger partial charge >= 0.3 is 5.97 Å².